The molecular weight excluding hydrogens is 270 g/mol. The van der Waals surface area contributed by atoms with E-state index in [9.17, 15) is 9.90 Å². The van der Waals surface area contributed by atoms with Gasteiger partial charge in [0, 0.05) is 0 Å². The highest BCUT2D eigenvalue weighted by atomic mass is 16.5. The molecule has 0 saturated heterocycles. The molecule has 0 radical (unpaired) electrons. The van der Waals surface area contributed by atoms with Crippen molar-refractivity contribution in [3.8, 4) is 11.5 Å². The number of aryl methyl sites for hydroxylation is 1. The molecule has 0 unspecified atom stereocenters. The second kappa shape index (κ2) is 6.80. The molecule has 0 aromatic heterocycles. The van der Waals surface area contributed by atoms with Gasteiger partial charge in [-0.3, -0.25) is 4.79 Å². The zero-order chi connectivity index (χ0) is 15.3. The average molecular weight is 293 g/mol. The fraction of sp³-hybridized carbons (Fsp3) is 0.562. The van der Waals surface area contributed by atoms with Gasteiger partial charge in [0.15, 0.2) is 18.1 Å². The Bertz CT molecular complexity index is 495. The molecule has 0 spiro atoms. The third-order valence-electron chi connectivity index (χ3n) is 3.95. The Balaban J connectivity index is 1.92. The molecule has 1 amide bonds. The lowest BCUT2D eigenvalue weighted by Crippen LogP contribution is -2.50. The van der Waals surface area contributed by atoms with E-state index in [1.54, 1.807) is 13.2 Å². The molecule has 1 saturated carbocycles. The van der Waals surface area contributed by atoms with Gasteiger partial charge in [-0.05, 0) is 37.5 Å². The highest BCUT2D eigenvalue weighted by Gasteiger charge is 2.34. The van der Waals surface area contributed by atoms with Crippen molar-refractivity contribution in [2.24, 2.45) is 0 Å². The number of aliphatic hydroxyl groups is 1. The van der Waals surface area contributed by atoms with E-state index in [2.05, 4.69) is 5.32 Å². The van der Waals surface area contributed by atoms with Gasteiger partial charge in [0.1, 0.15) is 0 Å². The van der Waals surface area contributed by atoms with Gasteiger partial charge in [-0.2, -0.15) is 0 Å². The van der Waals surface area contributed by atoms with Gasteiger partial charge >= 0.3 is 0 Å². The van der Waals surface area contributed by atoms with Gasteiger partial charge in [0.2, 0.25) is 0 Å². The third kappa shape index (κ3) is 3.88. The summed E-state index contributed by atoms with van der Waals surface area (Å²) in [5.41, 5.74) is 0.603. The summed E-state index contributed by atoms with van der Waals surface area (Å²) in [6, 6.07) is 5.56. The fourth-order valence-corrected chi connectivity index (χ4v) is 2.74. The molecule has 0 heterocycles. The summed E-state index contributed by atoms with van der Waals surface area (Å²) < 4.78 is 10.8. The number of benzene rings is 1. The third-order valence-corrected chi connectivity index (χ3v) is 3.95. The van der Waals surface area contributed by atoms with Crippen molar-refractivity contribution in [3.63, 3.8) is 0 Å². The maximum atomic E-state index is 12.0. The summed E-state index contributed by atoms with van der Waals surface area (Å²) in [7, 11) is 1.57. The number of rotatable bonds is 6. The highest BCUT2D eigenvalue weighted by molar-refractivity contribution is 5.78. The van der Waals surface area contributed by atoms with Crippen molar-refractivity contribution >= 4 is 5.91 Å². The summed E-state index contributed by atoms with van der Waals surface area (Å²) in [6.45, 7) is 1.86. The van der Waals surface area contributed by atoms with Crippen molar-refractivity contribution in [2.45, 2.75) is 38.1 Å². The number of carbonyl (C=O) groups is 1. The predicted molar refractivity (Wildman–Crippen MR) is 79.7 cm³/mol. The summed E-state index contributed by atoms with van der Waals surface area (Å²) in [5, 5.41) is 12.4. The van der Waals surface area contributed by atoms with Crippen LogP contribution in [0, 0.1) is 6.92 Å². The van der Waals surface area contributed by atoms with E-state index in [0.29, 0.717) is 11.5 Å². The summed E-state index contributed by atoms with van der Waals surface area (Å²) in [5.74, 6) is 0.942. The first-order valence-electron chi connectivity index (χ1n) is 7.28. The molecule has 1 aromatic carbocycles. The molecule has 5 nitrogen and oxygen atoms in total. The second-order valence-corrected chi connectivity index (χ2v) is 5.64. The SMILES string of the molecule is COc1cc(C)ccc1OCC(=O)NC1(CO)CCCC1. The Morgan fingerprint density at radius 3 is 2.67 bits per heavy atom. The lowest BCUT2D eigenvalue weighted by atomic mass is 9.99. The van der Waals surface area contributed by atoms with Crippen LogP contribution in [0.1, 0.15) is 31.2 Å². The number of hydrogen-bond donors (Lipinski definition) is 2. The first-order valence-corrected chi connectivity index (χ1v) is 7.28. The van der Waals surface area contributed by atoms with Gasteiger partial charge in [-0.15, -0.1) is 0 Å². The Morgan fingerprint density at radius 2 is 2.05 bits per heavy atom. The standard InChI is InChI=1S/C16H23NO4/c1-12-5-6-13(14(9-12)20-2)21-10-15(19)17-16(11-18)7-3-4-8-16/h5-6,9,18H,3-4,7-8,10-11H2,1-2H3,(H,17,19). The lowest BCUT2D eigenvalue weighted by Gasteiger charge is -2.27. The summed E-state index contributed by atoms with van der Waals surface area (Å²) in [6.07, 6.45) is 3.72. The van der Waals surface area contributed by atoms with Crippen molar-refractivity contribution in [1.29, 1.82) is 0 Å². The zero-order valence-corrected chi connectivity index (χ0v) is 12.6. The number of amides is 1. The predicted octanol–water partition coefficient (Wildman–Crippen LogP) is 1.80. The van der Waals surface area contributed by atoms with Crippen LogP contribution in [0.25, 0.3) is 0 Å². The molecule has 0 bridgehead atoms. The maximum Gasteiger partial charge on any atom is 0.258 e. The van der Waals surface area contributed by atoms with Crippen LogP contribution in [0.5, 0.6) is 11.5 Å². The molecule has 2 N–H and O–H groups in total. The van der Waals surface area contributed by atoms with Crippen LogP contribution in [-0.2, 0) is 4.79 Å². The first-order chi connectivity index (χ1) is 10.1. The Morgan fingerprint density at radius 1 is 1.33 bits per heavy atom. The smallest absolute Gasteiger partial charge is 0.258 e. The van der Waals surface area contributed by atoms with E-state index in [4.69, 9.17) is 9.47 Å². The summed E-state index contributed by atoms with van der Waals surface area (Å²) >= 11 is 0. The van der Waals surface area contributed by atoms with Crippen molar-refractivity contribution in [3.05, 3.63) is 23.8 Å². The molecule has 1 aliphatic rings. The topological polar surface area (TPSA) is 67.8 Å². The normalized spacial score (nSPS) is 16.5. The maximum absolute atomic E-state index is 12.0. The van der Waals surface area contributed by atoms with Gasteiger partial charge in [-0.1, -0.05) is 18.9 Å². The molecule has 0 aliphatic heterocycles. The number of nitrogens with one attached hydrogen (secondary N) is 1. The molecule has 5 heteroatoms. The number of ether oxygens (including phenoxy) is 2. The van der Waals surface area contributed by atoms with Gasteiger partial charge in [0.05, 0.1) is 19.3 Å². The van der Waals surface area contributed by atoms with Gasteiger partial charge in [-0.25, -0.2) is 0 Å². The van der Waals surface area contributed by atoms with Crippen LogP contribution >= 0.6 is 0 Å². The molecule has 116 valence electrons. The summed E-state index contributed by atoms with van der Waals surface area (Å²) in [4.78, 5) is 12.0. The molecular formula is C16H23NO4. The van der Waals surface area contributed by atoms with Crippen LogP contribution < -0.4 is 14.8 Å². The second-order valence-electron chi connectivity index (χ2n) is 5.64. The van der Waals surface area contributed by atoms with E-state index in [0.717, 1.165) is 31.2 Å². The molecule has 2 rings (SSSR count). The van der Waals surface area contributed by atoms with Gasteiger partial charge < -0.3 is 19.9 Å². The van der Waals surface area contributed by atoms with Crippen molar-refractivity contribution in [2.75, 3.05) is 20.3 Å². The number of methoxy groups -OCH3 is 1. The monoisotopic (exact) mass is 293 g/mol. The van der Waals surface area contributed by atoms with Crippen molar-refractivity contribution < 1.29 is 19.4 Å². The van der Waals surface area contributed by atoms with Crippen LogP contribution in [-0.4, -0.2) is 36.9 Å². The lowest BCUT2D eigenvalue weighted by molar-refractivity contribution is -0.125. The molecule has 1 aromatic rings. The minimum Gasteiger partial charge on any atom is -0.493 e. The Kier molecular flexibility index (Phi) is 5.07. The van der Waals surface area contributed by atoms with E-state index in [1.165, 1.54) is 0 Å². The largest absolute Gasteiger partial charge is 0.493 e. The van der Waals surface area contributed by atoms with E-state index < -0.39 is 5.54 Å². The van der Waals surface area contributed by atoms with Crippen LogP contribution in [0.3, 0.4) is 0 Å². The Labute approximate surface area is 125 Å². The highest BCUT2D eigenvalue weighted by Crippen LogP contribution is 2.30. The first kappa shape index (κ1) is 15.6. The van der Waals surface area contributed by atoms with E-state index >= 15 is 0 Å². The van der Waals surface area contributed by atoms with Crippen molar-refractivity contribution in [1.82, 2.24) is 5.32 Å². The zero-order valence-electron chi connectivity index (χ0n) is 12.6. The molecule has 1 fully saturated rings. The van der Waals surface area contributed by atoms with Crippen LogP contribution in [0.15, 0.2) is 18.2 Å². The average Bonchev–Trinajstić information content (AvgIpc) is 2.94. The van der Waals surface area contributed by atoms with Crippen LogP contribution in [0.4, 0.5) is 0 Å². The van der Waals surface area contributed by atoms with E-state index in [-0.39, 0.29) is 19.1 Å². The van der Waals surface area contributed by atoms with Gasteiger partial charge in [0.25, 0.3) is 5.91 Å². The van der Waals surface area contributed by atoms with Crippen LogP contribution in [0.2, 0.25) is 0 Å². The molecule has 21 heavy (non-hydrogen) atoms. The quantitative estimate of drug-likeness (QED) is 0.839. The molecule has 0 atom stereocenters. The minimum atomic E-state index is -0.461. The Hall–Kier alpha value is -1.75. The van der Waals surface area contributed by atoms with E-state index in [1.807, 2.05) is 19.1 Å². The number of aliphatic hydroxyl groups excluding tert-OH is 1. The molecule has 1 aliphatic carbocycles. The fourth-order valence-electron chi connectivity index (χ4n) is 2.74. The minimum absolute atomic E-state index is 0.0212. The number of hydrogen-bond acceptors (Lipinski definition) is 4. The number of carbonyl (C=O) groups excluding carboxylic acids is 1.